The number of aromatic nitrogens is 3. The lowest BCUT2D eigenvalue weighted by Crippen LogP contribution is -2.13. The number of imidazole rings is 1. The van der Waals surface area contributed by atoms with Crippen molar-refractivity contribution in [3.63, 3.8) is 0 Å². The predicted molar refractivity (Wildman–Crippen MR) is 64.0 cm³/mol. The van der Waals surface area contributed by atoms with Gasteiger partial charge in [0.25, 0.3) is 5.56 Å². The van der Waals surface area contributed by atoms with Gasteiger partial charge in [0.15, 0.2) is 0 Å². The summed E-state index contributed by atoms with van der Waals surface area (Å²) in [5.41, 5.74) is -0.135. The largest absolute Gasteiger partial charge is 0.317 e. The van der Waals surface area contributed by atoms with Gasteiger partial charge in [-0.15, -0.1) is 0 Å². The summed E-state index contributed by atoms with van der Waals surface area (Å²) in [6.07, 6.45) is 7.04. The van der Waals surface area contributed by atoms with Gasteiger partial charge in [-0.1, -0.05) is 31.4 Å². The quantitative estimate of drug-likeness (QED) is 0.607. The molecule has 0 spiro atoms. The molecule has 0 aliphatic carbocycles. The smallest absolute Gasteiger partial charge is 0.260 e. The third-order valence-corrected chi connectivity index (χ3v) is 2.75. The van der Waals surface area contributed by atoms with Crippen molar-refractivity contribution in [2.45, 2.75) is 32.7 Å². The summed E-state index contributed by atoms with van der Waals surface area (Å²) < 4.78 is 3.47. The van der Waals surface area contributed by atoms with Gasteiger partial charge in [-0.2, -0.15) is 0 Å². The van der Waals surface area contributed by atoms with Crippen LogP contribution in [0.25, 0.3) is 5.78 Å². The molecule has 0 N–H and O–H groups in total. The average Bonchev–Trinajstić information content (AvgIpc) is 2.62. The Balaban J connectivity index is 2.36. The maximum absolute atomic E-state index is 11.6. The molecule has 2 heterocycles. The van der Waals surface area contributed by atoms with Gasteiger partial charge in [0.2, 0.25) is 5.78 Å². The zero-order valence-corrected chi connectivity index (χ0v) is 9.94. The van der Waals surface area contributed by atoms with Crippen LogP contribution in [0.3, 0.4) is 0 Å². The highest BCUT2D eigenvalue weighted by Gasteiger charge is 2.05. The zero-order chi connectivity index (χ0) is 11.5. The fraction of sp³-hybridized carbons (Fsp3) is 0.455. The number of hydrogen-bond acceptors (Lipinski definition) is 2. The minimum Gasteiger partial charge on any atom is -0.317 e. The highest BCUT2D eigenvalue weighted by molar-refractivity contribution is 6.29. The van der Waals surface area contributed by atoms with Gasteiger partial charge in [0.1, 0.15) is 5.15 Å². The van der Waals surface area contributed by atoms with E-state index in [0.29, 0.717) is 5.78 Å². The van der Waals surface area contributed by atoms with E-state index < -0.39 is 0 Å². The fourth-order valence-corrected chi connectivity index (χ4v) is 1.88. The highest BCUT2D eigenvalue weighted by Crippen LogP contribution is 2.07. The Kier molecular flexibility index (Phi) is 3.29. The molecular weight excluding hydrogens is 226 g/mol. The number of nitrogens with zero attached hydrogens (tertiary/aromatic N) is 3. The van der Waals surface area contributed by atoms with Crippen molar-refractivity contribution in [3.05, 3.63) is 34.0 Å². The highest BCUT2D eigenvalue weighted by atomic mass is 35.5. The van der Waals surface area contributed by atoms with Gasteiger partial charge in [0, 0.05) is 25.0 Å². The number of halogens is 1. The molecule has 2 rings (SSSR count). The Morgan fingerprint density at radius 1 is 1.38 bits per heavy atom. The van der Waals surface area contributed by atoms with Gasteiger partial charge in [-0.25, -0.2) is 4.98 Å². The standard InChI is InChI=1S/C11H14ClN3O/c1-2-3-4-5-14-6-7-15-10(16)8-9(12)13-11(14)15/h6-8H,2-5H2,1H3. The van der Waals surface area contributed by atoms with Crippen molar-refractivity contribution in [3.8, 4) is 0 Å². The SMILES string of the molecule is CCCCCn1ccn2c(=O)cc(Cl)nc12. The topological polar surface area (TPSA) is 39.3 Å². The van der Waals surface area contributed by atoms with Gasteiger partial charge in [0.05, 0.1) is 0 Å². The predicted octanol–water partition coefficient (Wildman–Crippen LogP) is 2.34. The molecule has 0 amide bonds. The van der Waals surface area contributed by atoms with Crippen molar-refractivity contribution in [2.24, 2.45) is 0 Å². The number of aryl methyl sites for hydroxylation is 1. The summed E-state index contributed by atoms with van der Waals surface area (Å²) in [5.74, 6) is 0.619. The Hall–Kier alpha value is -1.29. The third-order valence-electron chi connectivity index (χ3n) is 2.56. The third kappa shape index (κ3) is 2.11. The van der Waals surface area contributed by atoms with Crippen LogP contribution in [0.2, 0.25) is 5.15 Å². The zero-order valence-electron chi connectivity index (χ0n) is 9.19. The molecule has 0 radical (unpaired) electrons. The van der Waals surface area contributed by atoms with Gasteiger partial charge in [-0.3, -0.25) is 9.20 Å². The molecule has 0 saturated carbocycles. The molecule has 86 valence electrons. The summed E-state index contributed by atoms with van der Waals surface area (Å²) in [6, 6.07) is 1.32. The minimum absolute atomic E-state index is 0.135. The molecule has 0 unspecified atom stereocenters. The molecule has 4 nitrogen and oxygen atoms in total. The molecule has 5 heteroatoms. The Bertz CT molecular complexity index is 544. The fourth-order valence-electron chi connectivity index (χ4n) is 1.71. The molecule has 2 aromatic heterocycles. The number of unbranched alkanes of at least 4 members (excludes halogenated alkanes) is 2. The van der Waals surface area contributed by atoms with Crippen LogP contribution in [0.1, 0.15) is 26.2 Å². The van der Waals surface area contributed by atoms with Gasteiger partial charge in [-0.05, 0) is 6.42 Å². The molecule has 2 aromatic rings. The monoisotopic (exact) mass is 239 g/mol. The van der Waals surface area contributed by atoms with Crippen LogP contribution in [-0.4, -0.2) is 14.0 Å². The first-order valence-corrected chi connectivity index (χ1v) is 5.84. The molecule has 0 saturated heterocycles. The van der Waals surface area contributed by atoms with E-state index in [0.717, 1.165) is 13.0 Å². The first-order valence-electron chi connectivity index (χ1n) is 5.46. The molecule has 16 heavy (non-hydrogen) atoms. The summed E-state index contributed by atoms with van der Waals surface area (Å²) in [7, 11) is 0. The van der Waals surface area contributed by atoms with Crippen LogP contribution >= 0.6 is 11.6 Å². The van der Waals surface area contributed by atoms with Crippen LogP contribution < -0.4 is 5.56 Å². The van der Waals surface area contributed by atoms with Crippen molar-refractivity contribution in [1.29, 1.82) is 0 Å². The summed E-state index contributed by atoms with van der Waals surface area (Å²) >= 11 is 5.78. The Morgan fingerprint density at radius 2 is 2.19 bits per heavy atom. The van der Waals surface area contributed by atoms with E-state index in [1.54, 1.807) is 6.20 Å². The summed E-state index contributed by atoms with van der Waals surface area (Å²) in [4.78, 5) is 15.7. The molecule has 0 aromatic carbocycles. The maximum atomic E-state index is 11.6. The number of fused-ring (bicyclic) bond motifs is 1. The van der Waals surface area contributed by atoms with E-state index in [-0.39, 0.29) is 10.7 Å². The normalized spacial score (nSPS) is 11.1. The lowest BCUT2D eigenvalue weighted by molar-refractivity contribution is 0.610. The van der Waals surface area contributed by atoms with E-state index in [2.05, 4.69) is 11.9 Å². The van der Waals surface area contributed by atoms with Gasteiger partial charge >= 0.3 is 0 Å². The average molecular weight is 240 g/mol. The maximum Gasteiger partial charge on any atom is 0.260 e. The first-order chi connectivity index (χ1) is 7.72. The number of hydrogen-bond donors (Lipinski definition) is 0. The van der Waals surface area contributed by atoms with Crippen LogP contribution in [-0.2, 0) is 6.54 Å². The van der Waals surface area contributed by atoms with E-state index >= 15 is 0 Å². The van der Waals surface area contributed by atoms with Crippen LogP contribution in [0.4, 0.5) is 0 Å². The second-order valence-electron chi connectivity index (χ2n) is 3.79. The molecular formula is C11H14ClN3O. The van der Waals surface area contributed by atoms with Crippen molar-refractivity contribution in [2.75, 3.05) is 0 Å². The van der Waals surface area contributed by atoms with E-state index in [1.165, 1.54) is 23.3 Å². The summed E-state index contributed by atoms with van der Waals surface area (Å²) in [5, 5.41) is 0.250. The van der Waals surface area contributed by atoms with Crippen LogP contribution in [0, 0.1) is 0 Å². The van der Waals surface area contributed by atoms with Crippen molar-refractivity contribution in [1.82, 2.24) is 14.0 Å². The lowest BCUT2D eigenvalue weighted by Gasteiger charge is -2.03. The Labute approximate surface area is 98.5 Å². The number of rotatable bonds is 4. The second kappa shape index (κ2) is 4.70. The van der Waals surface area contributed by atoms with Gasteiger partial charge < -0.3 is 4.57 Å². The Morgan fingerprint density at radius 3 is 2.94 bits per heavy atom. The van der Waals surface area contributed by atoms with E-state index in [4.69, 9.17) is 11.6 Å². The molecule has 0 fully saturated rings. The van der Waals surface area contributed by atoms with Crippen molar-refractivity contribution >= 4 is 17.4 Å². The van der Waals surface area contributed by atoms with E-state index in [1.807, 2.05) is 10.8 Å². The molecule has 0 aliphatic heterocycles. The molecule has 0 aliphatic rings. The minimum atomic E-state index is -0.135. The van der Waals surface area contributed by atoms with Crippen molar-refractivity contribution < 1.29 is 0 Å². The van der Waals surface area contributed by atoms with Crippen LogP contribution in [0.5, 0.6) is 0 Å². The van der Waals surface area contributed by atoms with E-state index in [9.17, 15) is 4.79 Å². The lowest BCUT2D eigenvalue weighted by atomic mass is 10.2. The molecule has 0 bridgehead atoms. The molecule has 0 atom stereocenters. The second-order valence-corrected chi connectivity index (χ2v) is 4.17. The first kappa shape index (κ1) is 11.2. The van der Waals surface area contributed by atoms with Crippen LogP contribution in [0.15, 0.2) is 23.3 Å². The summed E-state index contributed by atoms with van der Waals surface area (Å²) in [6.45, 7) is 3.03.